The SMILES string of the molecule is COc1cc(C(=O)O)c(CNC(=O)CSc2nnnn2C)c(OC)c1OC. The summed E-state index contributed by atoms with van der Waals surface area (Å²) in [6, 6.07) is 1.32. The third-order valence-corrected chi connectivity index (χ3v) is 4.55. The molecule has 146 valence electrons. The number of nitrogens with zero attached hydrogens (tertiary/aromatic N) is 4. The monoisotopic (exact) mass is 397 g/mol. The number of methoxy groups -OCH3 is 3. The second kappa shape index (κ2) is 9.07. The number of carbonyl (C=O) groups excluding carboxylic acids is 1. The average molecular weight is 397 g/mol. The van der Waals surface area contributed by atoms with Gasteiger partial charge in [0.1, 0.15) is 0 Å². The number of carbonyl (C=O) groups is 2. The Kier molecular flexibility index (Phi) is 6.82. The molecule has 27 heavy (non-hydrogen) atoms. The first-order chi connectivity index (χ1) is 12.9. The van der Waals surface area contributed by atoms with E-state index in [9.17, 15) is 14.7 Å². The van der Waals surface area contributed by atoms with Gasteiger partial charge in [0, 0.05) is 19.2 Å². The van der Waals surface area contributed by atoms with Gasteiger partial charge in [-0.15, -0.1) is 5.10 Å². The van der Waals surface area contributed by atoms with Gasteiger partial charge in [-0.1, -0.05) is 11.8 Å². The summed E-state index contributed by atoms with van der Waals surface area (Å²) in [7, 11) is 5.84. The van der Waals surface area contributed by atoms with E-state index in [1.165, 1.54) is 32.1 Å². The van der Waals surface area contributed by atoms with E-state index in [0.717, 1.165) is 11.8 Å². The van der Waals surface area contributed by atoms with Crippen LogP contribution >= 0.6 is 11.8 Å². The number of rotatable bonds is 9. The minimum atomic E-state index is -1.18. The van der Waals surface area contributed by atoms with Gasteiger partial charge in [-0.3, -0.25) is 4.79 Å². The minimum absolute atomic E-state index is 0.0602. The maximum Gasteiger partial charge on any atom is 0.336 e. The van der Waals surface area contributed by atoms with E-state index in [-0.39, 0.29) is 46.6 Å². The second-order valence-corrected chi connectivity index (χ2v) is 6.07. The number of carboxylic acids is 1. The molecule has 2 N–H and O–H groups in total. The summed E-state index contributed by atoms with van der Waals surface area (Å²) in [6.45, 7) is -0.0678. The number of thioether (sulfide) groups is 1. The van der Waals surface area contributed by atoms with Gasteiger partial charge in [0.05, 0.1) is 32.6 Å². The molecule has 1 aromatic carbocycles. The van der Waals surface area contributed by atoms with Gasteiger partial charge < -0.3 is 24.6 Å². The lowest BCUT2D eigenvalue weighted by atomic mass is 10.0. The first-order valence-corrected chi connectivity index (χ1v) is 8.58. The van der Waals surface area contributed by atoms with Crippen molar-refractivity contribution in [3.8, 4) is 17.2 Å². The maximum atomic E-state index is 12.1. The number of aromatic nitrogens is 4. The van der Waals surface area contributed by atoms with Gasteiger partial charge in [-0.2, -0.15) is 0 Å². The van der Waals surface area contributed by atoms with Crippen LogP contribution in [0.1, 0.15) is 15.9 Å². The Hall–Kier alpha value is -3.02. The molecular formula is C15H19N5O6S. The lowest BCUT2D eigenvalue weighted by Crippen LogP contribution is -2.26. The van der Waals surface area contributed by atoms with E-state index in [1.807, 2.05) is 0 Å². The number of tetrazole rings is 1. The number of aryl methyl sites for hydroxylation is 1. The molecular weight excluding hydrogens is 378 g/mol. The summed E-state index contributed by atoms with van der Waals surface area (Å²) >= 11 is 1.15. The van der Waals surface area contributed by atoms with Crippen LogP contribution in [0.2, 0.25) is 0 Å². The summed E-state index contributed by atoms with van der Waals surface area (Å²) < 4.78 is 17.2. The van der Waals surface area contributed by atoms with Crippen molar-refractivity contribution in [2.24, 2.45) is 7.05 Å². The molecule has 0 saturated carbocycles. The molecule has 0 fully saturated rings. The highest BCUT2D eigenvalue weighted by Crippen LogP contribution is 2.42. The largest absolute Gasteiger partial charge is 0.493 e. The van der Waals surface area contributed by atoms with Crippen molar-refractivity contribution in [3.63, 3.8) is 0 Å². The molecule has 0 radical (unpaired) electrons. The summed E-state index contributed by atoms with van der Waals surface area (Å²) in [5.41, 5.74) is 0.205. The molecule has 12 heteroatoms. The summed E-state index contributed by atoms with van der Waals surface area (Å²) in [6.07, 6.45) is 0. The van der Waals surface area contributed by atoms with Crippen molar-refractivity contribution in [3.05, 3.63) is 17.2 Å². The number of ether oxygens (including phenoxy) is 3. The molecule has 1 aromatic heterocycles. The molecule has 0 atom stereocenters. The van der Waals surface area contributed by atoms with Crippen molar-refractivity contribution in [1.82, 2.24) is 25.5 Å². The molecule has 0 bridgehead atoms. The van der Waals surface area contributed by atoms with Crippen LogP contribution in [0, 0.1) is 0 Å². The van der Waals surface area contributed by atoms with Gasteiger partial charge in [0.2, 0.25) is 16.8 Å². The molecule has 0 aliphatic carbocycles. The van der Waals surface area contributed by atoms with Gasteiger partial charge >= 0.3 is 5.97 Å². The minimum Gasteiger partial charge on any atom is -0.493 e. The number of amides is 1. The summed E-state index contributed by atoms with van der Waals surface area (Å²) in [5.74, 6) is -0.804. The van der Waals surface area contributed by atoms with Gasteiger partial charge in [-0.25, -0.2) is 9.48 Å². The van der Waals surface area contributed by atoms with Crippen molar-refractivity contribution < 1.29 is 28.9 Å². The first-order valence-electron chi connectivity index (χ1n) is 7.59. The van der Waals surface area contributed by atoms with Gasteiger partial charge in [0.15, 0.2) is 11.5 Å². The average Bonchev–Trinajstić information content (AvgIpc) is 3.07. The number of nitrogens with one attached hydrogen (secondary N) is 1. The van der Waals surface area contributed by atoms with Crippen molar-refractivity contribution in [1.29, 1.82) is 0 Å². The van der Waals surface area contributed by atoms with Crippen molar-refractivity contribution >= 4 is 23.6 Å². The van der Waals surface area contributed by atoms with Crippen molar-refractivity contribution in [2.45, 2.75) is 11.7 Å². The van der Waals surface area contributed by atoms with Gasteiger partial charge in [-0.05, 0) is 16.5 Å². The number of aromatic carboxylic acids is 1. The van der Waals surface area contributed by atoms with Gasteiger partial charge in [0.25, 0.3) is 0 Å². The zero-order valence-electron chi connectivity index (χ0n) is 15.2. The highest BCUT2D eigenvalue weighted by atomic mass is 32.2. The Morgan fingerprint density at radius 3 is 2.44 bits per heavy atom. The Morgan fingerprint density at radius 1 is 1.22 bits per heavy atom. The smallest absolute Gasteiger partial charge is 0.336 e. The molecule has 0 saturated heterocycles. The Morgan fingerprint density at radius 2 is 1.93 bits per heavy atom. The second-order valence-electron chi connectivity index (χ2n) is 5.13. The van der Waals surface area contributed by atoms with Crippen LogP contribution in [0.15, 0.2) is 11.2 Å². The zero-order chi connectivity index (χ0) is 20.0. The number of hydrogen-bond acceptors (Lipinski definition) is 9. The third-order valence-electron chi connectivity index (χ3n) is 3.54. The lowest BCUT2D eigenvalue weighted by Gasteiger charge is -2.18. The Balaban J connectivity index is 2.19. The van der Waals surface area contributed by atoms with Crippen LogP contribution in [0.25, 0.3) is 0 Å². The van der Waals surface area contributed by atoms with E-state index in [2.05, 4.69) is 20.8 Å². The molecule has 2 rings (SSSR count). The lowest BCUT2D eigenvalue weighted by molar-refractivity contribution is -0.118. The maximum absolute atomic E-state index is 12.1. The summed E-state index contributed by atoms with van der Waals surface area (Å²) in [4.78, 5) is 23.8. The molecule has 1 amide bonds. The number of carboxylic acid groups (broad SMARTS) is 1. The van der Waals surface area contributed by atoms with Crippen LogP contribution in [-0.4, -0.2) is 64.3 Å². The van der Waals surface area contributed by atoms with E-state index >= 15 is 0 Å². The molecule has 11 nitrogen and oxygen atoms in total. The molecule has 0 spiro atoms. The molecule has 0 unspecified atom stereocenters. The van der Waals surface area contributed by atoms with Crippen LogP contribution < -0.4 is 19.5 Å². The topological polar surface area (TPSA) is 138 Å². The van der Waals surface area contributed by atoms with E-state index < -0.39 is 5.97 Å². The number of benzene rings is 1. The molecule has 0 aliphatic rings. The van der Waals surface area contributed by atoms with Crippen LogP contribution in [0.4, 0.5) is 0 Å². The fourth-order valence-corrected chi connectivity index (χ4v) is 2.97. The van der Waals surface area contributed by atoms with Crippen LogP contribution in [-0.2, 0) is 18.4 Å². The van der Waals surface area contributed by atoms with Crippen LogP contribution in [0.5, 0.6) is 17.2 Å². The highest BCUT2D eigenvalue weighted by molar-refractivity contribution is 7.99. The Bertz CT molecular complexity index is 840. The first kappa shape index (κ1) is 20.3. The predicted molar refractivity (Wildman–Crippen MR) is 94.4 cm³/mol. The quantitative estimate of drug-likeness (QED) is 0.570. The molecule has 1 heterocycles. The zero-order valence-corrected chi connectivity index (χ0v) is 16.0. The normalized spacial score (nSPS) is 10.4. The highest BCUT2D eigenvalue weighted by Gasteiger charge is 2.24. The summed E-state index contributed by atoms with van der Waals surface area (Å²) in [5, 5.41) is 23.6. The standard InChI is InChI=1S/C15H19N5O6S/c1-20-15(17-18-19-20)27-7-11(21)16-6-9-8(14(22)23)5-10(24-2)13(26-4)12(9)25-3/h5H,6-7H2,1-4H3,(H,16,21)(H,22,23). The van der Waals surface area contributed by atoms with Crippen LogP contribution in [0.3, 0.4) is 0 Å². The van der Waals surface area contributed by atoms with Crippen molar-refractivity contribution in [2.75, 3.05) is 27.1 Å². The Labute approximate surface area is 159 Å². The van der Waals surface area contributed by atoms with E-state index in [0.29, 0.717) is 5.16 Å². The molecule has 2 aromatic rings. The third kappa shape index (κ3) is 4.58. The number of hydrogen-bond donors (Lipinski definition) is 2. The molecule has 0 aliphatic heterocycles. The fourth-order valence-electron chi connectivity index (χ4n) is 2.29. The van der Waals surface area contributed by atoms with E-state index in [4.69, 9.17) is 14.2 Å². The fraction of sp³-hybridized carbons (Fsp3) is 0.400. The van der Waals surface area contributed by atoms with E-state index in [1.54, 1.807) is 7.05 Å². The predicted octanol–water partition coefficient (Wildman–Crippen LogP) is 0.343.